The number of carbonyl (C=O) groups excluding carboxylic acids is 1. The van der Waals surface area contributed by atoms with Crippen molar-refractivity contribution in [1.82, 2.24) is 15.0 Å². The second-order valence-corrected chi connectivity index (χ2v) is 7.00. The second kappa shape index (κ2) is 8.86. The summed E-state index contributed by atoms with van der Waals surface area (Å²) in [6, 6.07) is 14.9. The van der Waals surface area contributed by atoms with Gasteiger partial charge in [0.2, 0.25) is 5.89 Å². The second-order valence-electron chi connectivity index (χ2n) is 7.00. The lowest BCUT2D eigenvalue weighted by molar-refractivity contribution is -0.138. The molecular weight excluding hydrogens is 386 g/mol. The summed E-state index contributed by atoms with van der Waals surface area (Å²) in [5, 5.41) is 4.07. The summed E-state index contributed by atoms with van der Waals surface area (Å²) >= 11 is 0. The third-order valence-electron chi connectivity index (χ3n) is 5.03. The van der Waals surface area contributed by atoms with Gasteiger partial charge >= 0.3 is 0 Å². The monoisotopic (exact) mass is 409 g/mol. The summed E-state index contributed by atoms with van der Waals surface area (Å²) < 4.78 is 21.4. The quantitative estimate of drug-likeness (QED) is 0.565. The number of rotatable bonds is 8. The largest absolute Gasteiger partial charge is 0.497 e. The van der Waals surface area contributed by atoms with E-state index in [0.29, 0.717) is 37.0 Å². The van der Waals surface area contributed by atoms with Crippen LogP contribution >= 0.6 is 0 Å². The van der Waals surface area contributed by atoms with Gasteiger partial charge in [-0.3, -0.25) is 4.79 Å². The van der Waals surface area contributed by atoms with Gasteiger partial charge in [0.1, 0.15) is 17.2 Å². The highest BCUT2D eigenvalue weighted by Gasteiger charge is 2.35. The standard InChI is InChI=1S/C22H23N3O5/c1-27-17-7-9-18(10-8-17)29-14-21(26)25-12-16(13-25)22-23-20(24-30-22)11-15-5-3-4-6-19(15)28-2/h3-10,16H,11-14H2,1-2H3. The van der Waals surface area contributed by atoms with Gasteiger partial charge in [-0.05, 0) is 30.3 Å². The number of hydrogen-bond acceptors (Lipinski definition) is 7. The molecule has 0 radical (unpaired) electrons. The van der Waals surface area contributed by atoms with Crippen LogP contribution in [0.15, 0.2) is 53.1 Å². The van der Waals surface area contributed by atoms with Crippen LogP contribution in [0.25, 0.3) is 0 Å². The Morgan fingerprint density at radius 1 is 1.07 bits per heavy atom. The number of nitrogens with zero attached hydrogens (tertiary/aromatic N) is 3. The van der Waals surface area contributed by atoms with Crippen LogP contribution in [0.5, 0.6) is 17.2 Å². The van der Waals surface area contributed by atoms with Crippen molar-refractivity contribution in [2.75, 3.05) is 33.9 Å². The van der Waals surface area contributed by atoms with E-state index in [-0.39, 0.29) is 18.4 Å². The van der Waals surface area contributed by atoms with E-state index in [1.54, 1.807) is 43.4 Å². The molecule has 1 aliphatic rings. The number of benzene rings is 2. The van der Waals surface area contributed by atoms with Crippen LogP contribution in [0.4, 0.5) is 0 Å². The maximum Gasteiger partial charge on any atom is 0.260 e. The van der Waals surface area contributed by atoms with Crippen molar-refractivity contribution in [3.63, 3.8) is 0 Å². The molecule has 2 heterocycles. The molecule has 0 N–H and O–H groups in total. The van der Waals surface area contributed by atoms with Gasteiger partial charge in [0, 0.05) is 25.1 Å². The van der Waals surface area contributed by atoms with E-state index in [1.807, 2.05) is 24.3 Å². The summed E-state index contributed by atoms with van der Waals surface area (Å²) in [6.45, 7) is 1.07. The maximum absolute atomic E-state index is 12.3. The smallest absolute Gasteiger partial charge is 0.260 e. The van der Waals surface area contributed by atoms with Crippen LogP contribution in [0, 0.1) is 0 Å². The van der Waals surface area contributed by atoms with Crippen molar-refractivity contribution in [1.29, 1.82) is 0 Å². The van der Waals surface area contributed by atoms with Crippen molar-refractivity contribution in [2.24, 2.45) is 0 Å². The van der Waals surface area contributed by atoms with E-state index in [1.165, 1.54) is 0 Å². The lowest BCUT2D eigenvalue weighted by Crippen LogP contribution is -2.50. The molecule has 3 aromatic rings. The van der Waals surface area contributed by atoms with Gasteiger partial charge in [0.05, 0.1) is 20.1 Å². The molecule has 1 aliphatic heterocycles. The van der Waals surface area contributed by atoms with Gasteiger partial charge < -0.3 is 23.6 Å². The summed E-state index contributed by atoms with van der Waals surface area (Å²) in [5.74, 6) is 3.29. The first-order chi connectivity index (χ1) is 14.7. The third-order valence-corrected chi connectivity index (χ3v) is 5.03. The van der Waals surface area contributed by atoms with Gasteiger partial charge in [-0.15, -0.1) is 0 Å². The molecule has 0 spiro atoms. The van der Waals surface area contributed by atoms with Crippen molar-refractivity contribution in [2.45, 2.75) is 12.3 Å². The van der Waals surface area contributed by atoms with Gasteiger partial charge in [-0.1, -0.05) is 23.4 Å². The first kappa shape index (κ1) is 19.8. The Hall–Kier alpha value is -3.55. The Morgan fingerprint density at radius 3 is 2.53 bits per heavy atom. The van der Waals surface area contributed by atoms with Crippen molar-refractivity contribution in [3.8, 4) is 17.2 Å². The Morgan fingerprint density at radius 2 is 1.80 bits per heavy atom. The fourth-order valence-corrected chi connectivity index (χ4v) is 3.27. The summed E-state index contributed by atoms with van der Waals surface area (Å²) in [5.41, 5.74) is 0.994. The molecule has 0 unspecified atom stereocenters. The van der Waals surface area contributed by atoms with E-state index in [0.717, 1.165) is 17.1 Å². The molecule has 0 saturated carbocycles. The summed E-state index contributed by atoms with van der Waals surface area (Å²) in [7, 11) is 3.24. The van der Waals surface area contributed by atoms with Gasteiger partial charge in [0.15, 0.2) is 12.4 Å². The van der Waals surface area contributed by atoms with Crippen LogP contribution in [-0.4, -0.2) is 54.9 Å². The molecule has 8 heteroatoms. The molecule has 0 bridgehead atoms. The number of amides is 1. The van der Waals surface area contributed by atoms with Gasteiger partial charge in [0.25, 0.3) is 5.91 Å². The van der Waals surface area contributed by atoms with E-state index in [2.05, 4.69) is 10.1 Å². The molecular formula is C22H23N3O5. The van der Waals surface area contributed by atoms with Crippen LogP contribution in [0.2, 0.25) is 0 Å². The summed E-state index contributed by atoms with van der Waals surface area (Å²) in [6.07, 6.45) is 0.526. The topological polar surface area (TPSA) is 86.9 Å². The van der Waals surface area contributed by atoms with Crippen molar-refractivity contribution >= 4 is 5.91 Å². The first-order valence-electron chi connectivity index (χ1n) is 9.65. The zero-order chi connectivity index (χ0) is 20.9. The van der Waals surface area contributed by atoms with Crippen LogP contribution in [0.1, 0.15) is 23.2 Å². The number of methoxy groups -OCH3 is 2. The number of hydrogen-bond donors (Lipinski definition) is 0. The molecule has 4 rings (SSSR count). The van der Waals surface area contributed by atoms with Crippen molar-refractivity contribution in [3.05, 3.63) is 65.8 Å². The molecule has 156 valence electrons. The lowest BCUT2D eigenvalue weighted by Gasteiger charge is -2.36. The van der Waals surface area contributed by atoms with E-state index in [4.69, 9.17) is 18.7 Å². The minimum absolute atomic E-state index is 0.0120. The highest BCUT2D eigenvalue weighted by molar-refractivity contribution is 5.78. The fourth-order valence-electron chi connectivity index (χ4n) is 3.27. The molecule has 1 aromatic heterocycles. The lowest BCUT2D eigenvalue weighted by atomic mass is 10.0. The van der Waals surface area contributed by atoms with Crippen LogP contribution < -0.4 is 14.2 Å². The molecule has 0 atom stereocenters. The van der Waals surface area contributed by atoms with Crippen LogP contribution in [-0.2, 0) is 11.2 Å². The zero-order valence-corrected chi connectivity index (χ0v) is 16.9. The van der Waals surface area contributed by atoms with Gasteiger partial charge in [-0.2, -0.15) is 4.98 Å². The van der Waals surface area contributed by atoms with E-state index >= 15 is 0 Å². The van der Waals surface area contributed by atoms with Crippen molar-refractivity contribution < 1.29 is 23.5 Å². The number of para-hydroxylation sites is 1. The van der Waals surface area contributed by atoms with Gasteiger partial charge in [-0.25, -0.2) is 0 Å². The molecule has 2 aromatic carbocycles. The first-order valence-corrected chi connectivity index (χ1v) is 9.65. The maximum atomic E-state index is 12.3. The number of aromatic nitrogens is 2. The fraction of sp³-hybridized carbons (Fsp3) is 0.318. The summed E-state index contributed by atoms with van der Waals surface area (Å²) in [4.78, 5) is 18.5. The van der Waals surface area contributed by atoms with E-state index < -0.39 is 0 Å². The molecule has 30 heavy (non-hydrogen) atoms. The van der Waals surface area contributed by atoms with Crippen LogP contribution in [0.3, 0.4) is 0 Å². The molecule has 1 amide bonds. The minimum atomic E-state index is -0.0733. The Kier molecular flexibility index (Phi) is 5.83. The Balaban J connectivity index is 1.26. The molecule has 8 nitrogen and oxygen atoms in total. The minimum Gasteiger partial charge on any atom is -0.497 e. The molecule has 1 fully saturated rings. The number of ether oxygens (including phenoxy) is 3. The average Bonchev–Trinajstić information content (AvgIpc) is 3.20. The predicted octanol–water partition coefficient (Wildman–Crippen LogP) is 2.68. The number of likely N-dealkylation sites (tertiary alicyclic amines) is 1. The molecule has 1 saturated heterocycles. The Labute approximate surface area is 174 Å². The predicted molar refractivity (Wildman–Crippen MR) is 108 cm³/mol. The molecule has 0 aliphatic carbocycles. The third kappa shape index (κ3) is 4.37. The normalized spacial score (nSPS) is 13.6. The SMILES string of the molecule is COc1ccc(OCC(=O)N2CC(c3nc(Cc4ccccc4OC)no3)C2)cc1. The van der Waals surface area contributed by atoms with E-state index in [9.17, 15) is 4.79 Å². The average molecular weight is 409 g/mol. The zero-order valence-electron chi connectivity index (χ0n) is 16.9. The number of carbonyl (C=O) groups is 1. The Bertz CT molecular complexity index is 996. The highest BCUT2D eigenvalue weighted by atomic mass is 16.5. The highest BCUT2D eigenvalue weighted by Crippen LogP contribution is 2.27.